The van der Waals surface area contributed by atoms with Crippen molar-refractivity contribution < 1.29 is 0 Å². The second-order valence-electron chi connectivity index (χ2n) is 3.63. The van der Waals surface area contributed by atoms with E-state index in [0.29, 0.717) is 5.25 Å². The summed E-state index contributed by atoms with van der Waals surface area (Å²) in [6, 6.07) is 1.59. The van der Waals surface area contributed by atoms with Gasteiger partial charge in [-0.1, -0.05) is 39.0 Å². The molecule has 1 aromatic rings. The summed E-state index contributed by atoms with van der Waals surface area (Å²) in [5.74, 6) is 0. The van der Waals surface area contributed by atoms with E-state index in [2.05, 4.69) is 30.7 Å². The molecule has 0 saturated heterocycles. The van der Waals surface area contributed by atoms with Crippen LogP contribution in [0.5, 0.6) is 0 Å². The number of rotatable bonds is 5. The zero-order chi connectivity index (χ0) is 11.3. The average molecular weight is 226 g/mol. The maximum atomic E-state index is 11.3. The Balaban J connectivity index is 2.83. The number of nitrogens with zero attached hydrogens (tertiary/aromatic N) is 1. The molecule has 84 valence electrons. The molecule has 0 aromatic carbocycles. The Kier molecular flexibility index (Phi) is 4.88. The van der Waals surface area contributed by atoms with Crippen LogP contribution < -0.4 is 5.56 Å². The monoisotopic (exact) mass is 226 g/mol. The zero-order valence-electron chi connectivity index (χ0n) is 9.54. The highest BCUT2D eigenvalue weighted by Crippen LogP contribution is 2.20. The molecule has 1 heterocycles. The van der Waals surface area contributed by atoms with Gasteiger partial charge in [-0.25, -0.2) is 4.98 Å². The molecule has 0 spiro atoms. The van der Waals surface area contributed by atoms with Gasteiger partial charge in [0.2, 0.25) is 0 Å². The lowest BCUT2D eigenvalue weighted by Gasteiger charge is -2.07. The SMILES string of the molecule is CCCc1cc(=O)[nH]c(SC(C)CC)n1. The first kappa shape index (κ1) is 12.3. The minimum atomic E-state index is -0.0424. The van der Waals surface area contributed by atoms with Gasteiger partial charge in [-0.15, -0.1) is 0 Å². The quantitative estimate of drug-likeness (QED) is 0.620. The maximum absolute atomic E-state index is 11.3. The number of H-pyrrole nitrogens is 1. The number of hydrogen-bond acceptors (Lipinski definition) is 3. The first-order valence-corrected chi connectivity index (χ1v) is 6.30. The van der Waals surface area contributed by atoms with Gasteiger partial charge in [0.05, 0.1) is 0 Å². The van der Waals surface area contributed by atoms with Crippen molar-refractivity contribution in [2.45, 2.75) is 50.4 Å². The van der Waals surface area contributed by atoms with E-state index in [1.54, 1.807) is 17.8 Å². The van der Waals surface area contributed by atoms with E-state index < -0.39 is 0 Å². The summed E-state index contributed by atoms with van der Waals surface area (Å²) in [5.41, 5.74) is 0.853. The van der Waals surface area contributed by atoms with Crippen molar-refractivity contribution in [2.24, 2.45) is 0 Å². The zero-order valence-corrected chi connectivity index (χ0v) is 10.4. The Hall–Kier alpha value is -0.770. The van der Waals surface area contributed by atoms with Crippen molar-refractivity contribution in [2.75, 3.05) is 0 Å². The largest absolute Gasteiger partial charge is 0.301 e. The van der Waals surface area contributed by atoms with Crippen LogP contribution in [0.2, 0.25) is 0 Å². The third kappa shape index (κ3) is 4.08. The van der Waals surface area contributed by atoms with Crippen LogP contribution in [-0.4, -0.2) is 15.2 Å². The Morgan fingerprint density at radius 3 is 2.87 bits per heavy atom. The fourth-order valence-corrected chi connectivity index (χ4v) is 2.07. The van der Waals surface area contributed by atoms with Crippen LogP contribution in [-0.2, 0) is 6.42 Å². The molecular formula is C11H18N2OS. The number of hydrogen-bond donors (Lipinski definition) is 1. The van der Waals surface area contributed by atoms with Gasteiger partial charge in [0.15, 0.2) is 5.16 Å². The van der Waals surface area contributed by atoms with Crippen LogP contribution in [0.4, 0.5) is 0 Å². The molecule has 0 aliphatic heterocycles. The summed E-state index contributed by atoms with van der Waals surface area (Å²) in [5, 5.41) is 1.24. The van der Waals surface area contributed by atoms with Crippen molar-refractivity contribution in [1.29, 1.82) is 0 Å². The molecule has 1 N–H and O–H groups in total. The molecule has 0 fully saturated rings. The standard InChI is InChI=1S/C11H18N2OS/c1-4-6-9-7-10(14)13-11(12-9)15-8(3)5-2/h7-8H,4-6H2,1-3H3,(H,12,13,14). The van der Waals surface area contributed by atoms with E-state index in [-0.39, 0.29) is 5.56 Å². The lowest BCUT2D eigenvalue weighted by atomic mass is 10.2. The predicted molar refractivity (Wildman–Crippen MR) is 64.5 cm³/mol. The number of aryl methyl sites for hydroxylation is 1. The molecule has 0 saturated carbocycles. The van der Waals surface area contributed by atoms with Gasteiger partial charge in [-0.2, -0.15) is 0 Å². The second kappa shape index (κ2) is 5.95. The van der Waals surface area contributed by atoms with Crippen molar-refractivity contribution >= 4 is 11.8 Å². The lowest BCUT2D eigenvalue weighted by Crippen LogP contribution is -2.11. The van der Waals surface area contributed by atoms with Crippen molar-refractivity contribution in [3.05, 3.63) is 22.1 Å². The molecule has 0 aliphatic carbocycles. The van der Waals surface area contributed by atoms with Crippen LogP contribution in [0.25, 0.3) is 0 Å². The predicted octanol–water partition coefficient (Wildman–Crippen LogP) is 2.61. The van der Waals surface area contributed by atoms with Gasteiger partial charge < -0.3 is 4.98 Å². The average Bonchev–Trinajstić information content (AvgIpc) is 2.17. The molecule has 0 amide bonds. The van der Waals surface area contributed by atoms with Crippen LogP contribution >= 0.6 is 11.8 Å². The van der Waals surface area contributed by atoms with Gasteiger partial charge in [-0.3, -0.25) is 4.79 Å². The Labute approximate surface area is 94.7 Å². The molecule has 0 radical (unpaired) electrons. The van der Waals surface area contributed by atoms with Crippen LogP contribution in [0.15, 0.2) is 16.0 Å². The highest BCUT2D eigenvalue weighted by atomic mass is 32.2. The maximum Gasteiger partial charge on any atom is 0.251 e. The second-order valence-corrected chi connectivity index (χ2v) is 5.06. The smallest absolute Gasteiger partial charge is 0.251 e. The summed E-state index contributed by atoms with van der Waals surface area (Å²) in [4.78, 5) is 18.5. The topological polar surface area (TPSA) is 45.8 Å². The fraction of sp³-hybridized carbons (Fsp3) is 0.636. The van der Waals surface area contributed by atoms with Gasteiger partial charge in [0.1, 0.15) is 0 Å². The molecule has 15 heavy (non-hydrogen) atoms. The Morgan fingerprint density at radius 2 is 2.27 bits per heavy atom. The van der Waals surface area contributed by atoms with Crippen molar-refractivity contribution in [1.82, 2.24) is 9.97 Å². The van der Waals surface area contributed by atoms with E-state index in [9.17, 15) is 4.79 Å². The van der Waals surface area contributed by atoms with E-state index in [4.69, 9.17) is 0 Å². The van der Waals surface area contributed by atoms with E-state index >= 15 is 0 Å². The molecule has 0 aliphatic rings. The molecule has 1 rings (SSSR count). The van der Waals surface area contributed by atoms with E-state index in [1.807, 2.05) is 0 Å². The highest BCUT2D eigenvalue weighted by Gasteiger charge is 2.05. The summed E-state index contributed by atoms with van der Waals surface area (Å²) in [6.07, 6.45) is 2.97. The normalized spacial score (nSPS) is 12.7. The third-order valence-corrected chi connectivity index (χ3v) is 3.32. The summed E-state index contributed by atoms with van der Waals surface area (Å²) in [7, 11) is 0. The van der Waals surface area contributed by atoms with Gasteiger partial charge >= 0.3 is 0 Å². The molecule has 4 heteroatoms. The molecular weight excluding hydrogens is 208 g/mol. The Morgan fingerprint density at radius 1 is 1.53 bits per heavy atom. The molecule has 1 unspecified atom stereocenters. The molecule has 1 atom stereocenters. The molecule has 1 aromatic heterocycles. The molecule has 0 bridgehead atoms. The number of aromatic nitrogens is 2. The van der Waals surface area contributed by atoms with Gasteiger partial charge in [-0.05, 0) is 12.8 Å². The lowest BCUT2D eigenvalue weighted by molar-refractivity contribution is 0.808. The van der Waals surface area contributed by atoms with Crippen LogP contribution in [0, 0.1) is 0 Å². The summed E-state index contributed by atoms with van der Waals surface area (Å²) >= 11 is 1.63. The minimum absolute atomic E-state index is 0.0424. The van der Waals surface area contributed by atoms with Crippen LogP contribution in [0.3, 0.4) is 0 Å². The summed E-state index contributed by atoms with van der Waals surface area (Å²) < 4.78 is 0. The van der Waals surface area contributed by atoms with Crippen molar-refractivity contribution in [3.8, 4) is 0 Å². The third-order valence-electron chi connectivity index (χ3n) is 2.17. The fourth-order valence-electron chi connectivity index (χ4n) is 1.20. The highest BCUT2D eigenvalue weighted by molar-refractivity contribution is 7.99. The van der Waals surface area contributed by atoms with Gasteiger partial charge in [0, 0.05) is 17.0 Å². The number of nitrogens with one attached hydrogen (secondary N) is 1. The number of aromatic amines is 1. The van der Waals surface area contributed by atoms with Crippen molar-refractivity contribution in [3.63, 3.8) is 0 Å². The first-order valence-electron chi connectivity index (χ1n) is 5.42. The first-order chi connectivity index (χ1) is 7.15. The molecule has 3 nitrogen and oxygen atoms in total. The number of thioether (sulfide) groups is 1. The minimum Gasteiger partial charge on any atom is -0.301 e. The Bertz CT molecular complexity index is 362. The van der Waals surface area contributed by atoms with Gasteiger partial charge in [0.25, 0.3) is 5.56 Å². The van der Waals surface area contributed by atoms with E-state index in [1.165, 1.54) is 0 Å². The van der Waals surface area contributed by atoms with Crippen LogP contribution in [0.1, 0.15) is 39.3 Å². The summed E-state index contributed by atoms with van der Waals surface area (Å²) in [6.45, 7) is 6.35. The van der Waals surface area contributed by atoms with E-state index in [0.717, 1.165) is 30.1 Å².